The molecule has 10 heteroatoms. The van der Waals surface area contributed by atoms with Crippen molar-refractivity contribution >= 4 is 11.6 Å². The lowest BCUT2D eigenvalue weighted by Gasteiger charge is -2.40. The fourth-order valence-corrected chi connectivity index (χ4v) is 8.08. The van der Waals surface area contributed by atoms with Crippen molar-refractivity contribution in [1.29, 1.82) is 0 Å². The minimum absolute atomic E-state index is 0.555. The molecule has 2 aliphatic carbocycles. The molecule has 6 aromatic heterocycles. The second-order valence-electron chi connectivity index (χ2n) is 12.1. The number of aromatic nitrogens is 8. The van der Waals surface area contributed by atoms with Gasteiger partial charge in [-0.15, -0.1) is 0 Å². The Labute approximate surface area is 269 Å². The maximum atomic E-state index is 5.08. The van der Waals surface area contributed by atoms with Gasteiger partial charge in [-0.3, -0.25) is 25.0 Å². The molecule has 7 aromatic rings. The van der Waals surface area contributed by atoms with E-state index in [1.807, 2.05) is 62.2 Å². The number of nitrogens with one attached hydrogen (secondary N) is 1. The van der Waals surface area contributed by atoms with Crippen molar-refractivity contribution in [2.75, 3.05) is 23.5 Å². The molecule has 47 heavy (non-hydrogen) atoms. The normalized spacial score (nSPS) is 15.9. The summed E-state index contributed by atoms with van der Waals surface area (Å²) in [5, 5.41) is 7.67. The fourth-order valence-electron chi connectivity index (χ4n) is 8.08. The molecule has 7 heterocycles. The van der Waals surface area contributed by atoms with Crippen LogP contribution in [0.4, 0.5) is 11.6 Å². The highest BCUT2D eigenvalue weighted by atomic mass is 15.5. The van der Waals surface area contributed by atoms with Crippen molar-refractivity contribution < 1.29 is 0 Å². The number of benzene rings is 1. The molecule has 3 aliphatic rings. The number of anilines is 2. The van der Waals surface area contributed by atoms with Gasteiger partial charge in [-0.25, -0.2) is 9.97 Å². The number of H-pyrrole nitrogens is 1. The summed E-state index contributed by atoms with van der Waals surface area (Å²) < 4.78 is 0. The number of pyridine rings is 4. The van der Waals surface area contributed by atoms with Crippen molar-refractivity contribution in [1.82, 2.24) is 40.1 Å². The predicted molar refractivity (Wildman–Crippen MR) is 177 cm³/mol. The first-order valence-electron chi connectivity index (χ1n) is 15.5. The summed E-state index contributed by atoms with van der Waals surface area (Å²) in [5.41, 5.74) is 9.20. The van der Waals surface area contributed by atoms with Gasteiger partial charge in [0.25, 0.3) is 0 Å². The highest BCUT2D eigenvalue weighted by Crippen LogP contribution is 2.57. The van der Waals surface area contributed by atoms with Crippen LogP contribution in [0, 0.1) is 0 Å². The summed E-state index contributed by atoms with van der Waals surface area (Å²) in [6.07, 6.45) is 12.7. The first kappa shape index (κ1) is 26.0. The molecule has 0 amide bonds. The zero-order chi connectivity index (χ0) is 31.2. The Morgan fingerprint density at radius 2 is 1.04 bits per heavy atom. The van der Waals surface area contributed by atoms with Crippen molar-refractivity contribution in [2.24, 2.45) is 0 Å². The van der Waals surface area contributed by atoms with Gasteiger partial charge in [-0.1, -0.05) is 48.5 Å². The molecule has 10 nitrogen and oxygen atoms in total. The van der Waals surface area contributed by atoms with Gasteiger partial charge in [-0.2, -0.15) is 5.10 Å². The average molecular weight is 611 g/mol. The summed E-state index contributed by atoms with van der Waals surface area (Å²) in [6.45, 7) is 0.555. The topological polar surface area (TPSA) is 112 Å². The van der Waals surface area contributed by atoms with Crippen LogP contribution in [-0.4, -0.2) is 53.8 Å². The quantitative estimate of drug-likeness (QED) is 0.283. The highest BCUT2D eigenvalue weighted by molar-refractivity contribution is 5.86. The molecular formula is C37H26N10. The maximum absolute atomic E-state index is 5.08. The van der Waals surface area contributed by atoms with E-state index in [0.29, 0.717) is 6.67 Å². The molecule has 1 aromatic carbocycles. The number of fused-ring (bicyclic) bond motifs is 7. The van der Waals surface area contributed by atoms with Crippen LogP contribution in [0.2, 0.25) is 0 Å². The largest absolute Gasteiger partial charge is 0.339 e. The predicted octanol–water partition coefficient (Wildman–Crippen LogP) is 5.33. The van der Waals surface area contributed by atoms with Crippen LogP contribution in [0.5, 0.6) is 0 Å². The first-order chi connectivity index (χ1) is 23.2. The first-order valence-corrected chi connectivity index (χ1v) is 15.5. The summed E-state index contributed by atoms with van der Waals surface area (Å²) in [4.78, 5) is 34.1. The lowest BCUT2D eigenvalue weighted by molar-refractivity contribution is 0.550. The standard InChI is InChI=1S/C37H26N10/c1-46-22-47(35-34(46)42-20-21-43-35)37(32-27(8-4-17-40-32)28-9-5-18-41-33(28)37)24-12-10-23(11-13-24)36(29-14-19-44-45-29)30-25(6-2-15-38-30)26-7-3-16-39-31(26)36/h2-21H,22H2,1H3,(H,44,45). The van der Waals surface area contributed by atoms with E-state index in [-0.39, 0.29) is 0 Å². The van der Waals surface area contributed by atoms with Crippen LogP contribution >= 0.6 is 0 Å². The van der Waals surface area contributed by atoms with E-state index in [9.17, 15) is 0 Å². The third kappa shape index (κ3) is 3.16. The summed E-state index contributed by atoms with van der Waals surface area (Å²) >= 11 is 0. The SMILES string of the molecule is CN1CN(C2(c3ccc(C4(c5ccn[nH]5)c5ncccc5-c5cccnc54)cc3)c3ncccc3-c3cccnc32)c2nccnc21. The smallest absolute Gasteiger partial charge is 0.174 e. The number of aromatic amines is 1. The zero-order valence-electron chi connectivity index (χ0n) is 25.3. The highest BCUT2D eigenvalue weighted by Gasteiger charge is 2.56. The van der Waals surface area contributed by atoms with Crippen LogP contribution in [0.3, 0.4) is 0 Å². The van der Waals surface area contributed by atoms with E-state index in [2.05, 4.69) is 68.5 Å². The molecule has 224 valence electrons. The van der Waals surface area contributed by atoms with E-state index in [1.165, 1.54) is 0 Å². The lowest BCUT2D eigenvalue weighted by Crippen LogP contribution is -2.49. The van der Waals surface area contributed by atoms with Crippen molar-refractivity contribution in [3.63, 3.8) is 0 Å². The van der Waals surface area contributed by atoms with Gasteiger partial charge in [0.1, 0.15) is 5.41 Å². The van der Waals surface area contributed by atoms with Gasteiger partial charge < -0.3 is 9.80 Å². The number of hydrogen-bond acceptors (Lipinski definition) is 9. The second kappa shape index (κ2) is 9.37. The van der Waals surface area contributed by atoms with Crippen LogP contribution < -0.4 is 9.80 Å². The Bertz CT molecular complexity index is 2240. The number of hydrogen-bond donors (Lipinski definition) is 1. The molecular weight excluding hydrogens is 584 g/mol. The minimum atomic E-state index is -0.871. The van der Waals surface area contributed by atoms with Crippen molar-refractivity contribution in [2.45, 2.75) is 11.0 Å². The molecule has 0 bridgehead atoms. The Morgan fingerprint density at radius 1 is 0.532 bits per heavy atom. The number of rotatable bonds is 4. The molecule has 0 radical (unpaired) electrons. The molecule has 10 rings (SSSR count). The number of nitrogens with zero attached hydrogens (tertiary/aromatic N) is 9. The summed E-state index contributed by atoms with van der Waals surface area (Å²) in [5.74, 6) is 1.61. The van der Waals surface area contributed by atoms with E-state index < -0.39 is 11.0 Å². The Morgan fingerprint density at radius 3 is 1.60 bits per heavy atom. The van der Waals surface area contributed by atoms with Gasteiger partial charge in [0.05, 0.1) is 35.1 Å². The van der Waals surface area contributed by atoms with E-state index in [0.717, 1.165) is 73.5 Å². The van der Waals surface area contributed by atoms with Gasteiger partial charge in [0, 0.05) is 72.7 Å². The molecule has 1 N–H and O–H groups in total. The third-order valence-corrected chi connectivity index (χ3v) is 9.88. The summed E-state index contributed by atoms with van der Waals surface area (Å²) in [6, 6.07) is 27.3. The van der Waals surface area contributed by atoms with Crippen LogP contribution in [0.15, 0.2) is 122 Å². The zero-order valence-corrected chi connectivity index (χ0v) is 25.3. The van der Waals surface area contributed by atoms with Crippen molar-refractivity contribution in [3.8, 4) is 22.3 Å². The van der Waals surface area contributed by atoms with Crippen LogP contribution in [-0.2, 0) is 11.0 Å². The monoisotopic (exact) mass is 610 g/mol. The Kier molecular flexibility index (Phi) is 5.18. The molecule has 0 saturated carbocycles. The molecule has 0 fully saturated rings. The third-order valence-electron chi connectivity index (χ3n) is 9.88. The van der Waals surface area contributed by atoms with Gasteiger partial charge in [0.15, 0.2) is 17.2 Å². The van der Waals surface area contributed by atoms with E-state index in [4.69, 9.17) is 29.9 Å². The molecule has 0 unspecified atom stereocenters. The van der Waals surface area contributed by atoms with Gasteiger partial charge in [-0.05, 0) is 41.5 Å². The van der Waals surface area contributed by atoms with Crippen molar-refractivity contribution in [3.05, 3.63) is 162 Å². The summed E-state index contributed by atoms with van der Waals surface area (Å²) in [7, 11) is 2.04. The van der Waals surface area contributed by atoms with Crippen LogP contribution in [0.1, 0.15) is 39.6 Å². The fraction of sp³-hybridized carbons (Fsp3) is 0.108. The Hall–Kier alpha value is -6.29. The van der Waals surface area contributed by atoms with E-state index in [1.54, 1.807) is 18.6 Å². The van der Waals surface area contributed by atoms with Gasteiger partial charge in [0.2, 0.25) is 0 Å². The lowest BCUT2D eigenvalue weighted by atomic mass is 9.73. The molecule has 0 spiro atoms. The minimum Gasteiger partial charge on any atom is -0.339 e. The van der Waals surface area contributed by atoms with Crippen LogP contribution in [0.25, 0.3) is 22.3 Å². The second-order valence-corrected chi connectivity index (χ2v) is 12.1. The average Bonchev–Trinajstić information content (AvgIpc) is 3.91. The maximum Gasteiger partial charge on any atom is 0.174 e. The van der Waals surface area contributed by atoms with E-state index >= 15 is 0 Å². The molecule has 0 saturated heterocycles. The van der Waals surface area contributed by atoms with Gasteiger partial charge >= 0.3 is 0 Å². The molecule has 1 aliphatic heterocycles. The Balaban J connectivity index is 1.25. The molecule has 0 atom stereocenters.